The average molecular weight is 628 g/mol. The molecule has 15 heteroatoms. The predicted octanol–water partition coefficient (Wildman–Crippen LogP) is 6.21. The highest BCUT2D eigenvalue weighted by Crippen LogP contribution is 2.41. The lowest BCUT2D eigenvalue weighted by Crippen LogP contribution is -2.36. The van der Waals surface area contributed by atoms with Gasteiger partial charge in [-0.3, -0.25) is 9.48 Å². The van der Waals surface area contributed by atoms with Gasteiger partial charge in [0.25, 0.3) is 11.8 Å². The van der Waals surface area contributed by atoms with Crippen LogP contribution in [0.3, 0.4) is 0 Å². The van der Waals surface area contributed by atoms with Crippen LogP contribution in [0.1, 0.15) is 75.9 Å². The molecule has 2 N–H and O–H groups in total. The molecule has 1 fully saturated rings. The number of pyridine rings is 1. The Kier molecular flexibility index (Phi) is 9.68. The van der Waals surface area contributed by atoms with E-state index in [2.05, 4.69) is 20.7 Å². The molecule has 1 amide bonds. The highest BCUT2D eigenvalue weighted by Gasteiger charge is 2.38. The first-order chi connectivity index (χ1) is 18.7. The van der Waals surface area contributed by atoms with Crippen molar-refractivity contribution in [1.29, 1.82) is 0 Å². The molecule has 0 saturated heterocycles. The summed E-state index contributed by atoms with van der Waals surface area (Å²) in [6, 6.07) is 0.976. The first-order valence-electron chi connectivity index (χ1n) is 13.2. The number of rotatable bonds is 10. The zero-order valence-electron chi connectivity index (χ0n) is 23.5. The third-order valence-electron chi connectivity index (χ3n) is 7.10. The van der Waals surface area contributed by atoms with Gasteiger partial charge in [-0.1, -0.05) is 11.6 Å². The second kappa shape index (κ2) is 12.0. The van der Waals surface area contributed by atoms with Gasteiger partial charge in [0.05, 0.1) is 22.4 Å². The van der Waals surface area contributed by atoms with Gasteiger partial charge in [0, 0.05) is 49.1 Å². The van der Waals surface area contributed by atoms with Crippen molar-refractivity contribution in [3.8, 4) is 11.3 Å². The maximum absolute atomic E-state index is 14.8. The summed E-state index contributed by atoms with van der Waals surface area (Å²) in [5.74, 6) is -4.16. The van der Waals surface area contributed by atoms with Crippen LogP contribution >= 0.6 is 11.6 Å². The van der Waals surface area contributed by atoms with Crippen LogP contribution in [0.25, 0.3) is 11.3 Å². The van der Waals surface area contributed by atoms with Gasteiger partial charge in [0.1, 0.15) is 15.7 Å². The Balaban J connectivity index is 1.87. The summed E-state index contributed by atoms with van der Waals surface area (Å²) in [6.45, 7) is 5.33. The molecule has 230 valence electrons. The molecule has 0 spiro atoms. The highest BCUT2D eigenvalue weighted by molar-refractivity contribution is 7.91. The maximum atomic E-state index is 14.8. The molecule has 0 atom stereocenters. The molecular formula is C26H35ClF5N5O3S. The molecule has 1 aliphatic rings. The predicted molar refractivity (Wildman–Crippen MR) is 147 cm³/mol. The number of carbonyl (C=O) groups is 1. The zero-order valence-corrected chi connectivity index (χ0v) is 25.1. The van der Waals surface area contributed by atoms with Crippen molar-refractivity contribution in [2.75, 3.05) is 18.1 Å². The van der Waals surface area contributed by atoms with Gasteiger partial charge < -0.3 is 10.6 Å². The fraction of sp³-hybridized carbons (Fsp3) is 0.654. The van der Waals surface area contributed by atoms with Crippen LogP contribution in [0.5, 0.6) is 0 Å². The van der Waals surface area contributed by atoms with E-state index in [1.54, 1.807) is 6.92 Å². The molecule has 3 rings (SSSR count). The van der Waals surface area contributed by atoms with E-state index in [1.165, 1.54) is 24.8 Å². The lowest BCUT2D eigenvalue weighted by Gasteiger charge is -2.28. The van der Waals surface area contributed by atoms with Crippen molar-refractivity contribution in [3.05, 3.63) is 28.5 Å². The third kappa shape index (κ3) is 8.52. The van der Waals surface area contributed by atoms with Gasteiger partial charge >= 0.3 is 6.18 Å². The Bertz CT molecular complexity index is 1360. The van der Waals surface area contributed by atoms with Crippen molar-refractivity contribution < 1.29 is 35.2 Å². The van der Waals surface area contributed by atoms with Crippen LogP contribution in [0, 0.1) is 5.92 Å². The number of sulfone groups is 1. The van der Waals surface area contributed by atoms with Crippen LogP contribution in [-0.4, -0.2) is 58.9 Å². The monoisotopic (exact) mass is 627 g/mol. The Labute approximate surface area is 241 Å². The van der Waals surface area contributed by atoms with Gasteiger partial charge in [-0.2, -0.15) is 18.3 Å². The van der Waals surface area contributed by atoms with Gasteiger partial charge in [0.15, 0.2) is 5.69 Å². The molecule has 2 aromatic heterocycles. The summed E-state index contributed by atoms with van der Waals surface area (Å²) in [6.07, 6.45) is -1.13. The number of nitrogens with zero attached hydrogens (tertiary/aromatic N) is 3. The molecule has 2 heterocycles. The van der Waals surface area contributed by atoms with E-state index in [0.29, 0.717) is 32.6 Å². The normalized spacial score (nSPS) is 18.8. The van der Waals surface area contributed by atoms with E-state index in [0.717, 1.165) is 12.3 Å². The van der Waals surface area contributed by atoms with Crippen LogP contribution in [-0.2, 0) is 22.3 Å². The number of anilines is 1. The molecule has 0 unspecified atom stereocenters. The maximum Gasteiger partial charge on any atom is 0.391 e. The standard InChI is InChI=1S/C26H35ClF5N5O3S/c1-6-37-22(17-13-33-19(11-18(17)25(4,28)29)35-24(2,3)14-26(30,31)32)20(27)21(36-37)23(38)34-12-15-7-9-16(10-8-15)41(5,39)40/h11,13,15-16H,6-10,12,14H2,1-5H3,(H,33,35)(H,34,38)/t15-,16-. The van der Waals surface area contributed by atoms with Crippen molar-refractivity contribution in [1.82, 2.24) is 20.1 Å². The fourth-order valence-corrected chi connectivity index (χ4v) is 6.58. The topological polar surface area (TPSA) is 106 Å². The summed E-state index contributed by atoms with van der Waals surface area (Å²) in [7, 11) is -3.12. The summed E-state index contributed by atoms with van der Waals surface area (Å²) in [5.41, 5.74) is -2.34. The third-order valence-corrected chi connectivity index (χ3v) is 9.14. The SMILES string of the molecule is CCn1nc(C(=O)NC[C@H]2CC[C@H](S(C)(=O)=O)CC2)c(Cl)c1-c1cnc(NC(C)(C)CC(F)(F)F)cc1C(C)(F)F. The van der Waals surface area contributed by atoms with Crippen molar-refractivity contribution in [2.24, 2.45) is 5.92 Å². The second-order valence-corrected chi connectivity index (χ2v) is 14.0. The molecule has 0 aromatic carbocycles. The number of aryl methyl sites for hydroxylation is 1. The quantitative estimate of drug-likeness (QED) is 0.304. The molecule has 1 aliphatic carbocycles. The first-order valence-corrected chi connectivity index (χ1v) is 15.5. The zero-order chi connectivity index (χ0) is 31.0. The Morgan fingerprint density at radius 2 is 1.73 bits per heavy atom. The number of carbonyl (C=O) groups excluding carboxylic acids is 1. The average Bonchev–Trinajstić information content (AvgIpc) is 3.16. The summed E-state index contributed by atoms with van der Waals surface area (Å²) in [5, 5.41) is 9.02. The molecule has 2 aromatic rings. The fourth-order valence-electron chi connectivity index (χ4n) is 5.12. The first kappa shape index (κ1) is 33.0. The van der Waals surface area contributed by atoms with Crippen LogP contribution < -0.4 is 10.6 Å². The van der Waals surface area contributed by atoms with Crippen molar-refractivity contribution in [3.63, 3.8) is 0 Å². The van der Waals surface area contributed by atoms with Crippen molar-refractivity contribution >= 4 is 33.2 Å². The van der Waals surface area contributed by atoms with Gasteiger partial charge in [0.2, 0.25) is 0 Å². The highest BCUT2D eigenvalue weighted by atomic mass is 35.5. The number of halogens is 6. The lowest BCUT2D eigenvalue weighted by atomic mass is 9.89. The second-order valence-electron chi connectivity index (χ2n) is 11.3. The number of hydrogen-bond donors (Lipinski definition) is 2. The number of hydrogen-bond acceptors (Lipinski definition) is 6. The minimum absolute atomic E-state index is 0.0260. The van der Waals surface area contributed by atoms with Crippen LogP contribution in [0.2, 0.25) is 5.02 Å². The summed E-state index contributed by atoms with van der Waals surface area (Å²) >= 11 is 6.55. The Hall–Kier alpha value is -2.48. The summed E-state index contributed by atoms with van der Waals surface area (Å²) < 4.78 is 93.4. The Morgan fingerprint density at radius 3 is 2.24 bits per heavy atom. The van der Waals surface area contributed by atoms with E-state index in [4.69, 9.17) is 11.6 Å². The number of amides is 1. The molecule has 0 radical (unpaired) electrons. The largest absolute Gasteiger partial charge is 0.391 e. The van der Waals surface area contributed by atoms with Crippen molar-refractivity contribution in [2.45, 2.75) is 89.2 Å². The van der Waals surface area contributed by atoms with Gasteiger partial charge in [-0.15, -0.1) is 0 Å². The Morgan fingerprint density at radius 1 is 1.12 bits per heavy atom. The van der Waals surface area contributed by atoms with Gasteiger partial charge in [-0.25, -0.2) is 22.2 Å². The van der Waals surface area contributed by atoms with E-state index < -0.39 is 45.4 Å². The van der Waals surface area contributed by atoms with E-state index in [-0.39, 0.29) is 52.0 Å². The van der Waals surface area contributed by atoms with Gasteiger partial charge in [-0.05, 0) is 58.4 Å². The number of nitrogens with one attached hydrogen (secondary N) is 2. The van der Waals surface area contributed by atoms with Crippen LogP contribution in [0.4, 0.5) is 27.8 Å². The molecule has 8 nitrogen and oxygen atoms in total. The number of alkyl halides is 5. The minimum atomic E-state index is -4.48. The van der Waals surface area contributed by atoms with E-state index in [1.807, 2.05) is 0 Å². The molecule has 41 heavy (non-hydrogen) atoms. The molecule has 0 aliphatic heterocycles. The molecule has 1 saturated carbocycles. The van der Waals surface area contributed by atoms with E-state index >= 15 is 0 Å². The minimum Gasteiger partial charge on any atom is -0.365 e. The molecular weight excluding hydrogens is 593 g/mol. The lowest BCUT2D eigenvalue weighted by molar-refractivity contribution is -0.142. The molecule has 0 bridgehead atoms. The van der Waals surface area contributed by atoms with Crippen LogP contribution in [0.15, 0.2) is 12.3 Å². The number of aromatic nitrogens is 3. The smallest absolute Gasteiger partial charge is 0.365 e. The van der Waals surface area contributed by atoms with E-state index in [9.17, 15) is 35.2 Å². The summed E-state index contributed by atoms with van der Waals surface area (Å²) in [4.78, 5) is 17.1.